The van der Waals surface area contributed by atoms with Gasteiger partial charge < -0.3 is 10.1 Å². The van der Waals surface area contributed by atoms with Gasteiger partial charge in [0.05, 0.1) is 10.0 Å². The number of nitrogens with zero attached hydrogens (tertiary/aromatic N) is 1. The van der Waals surface area contributed by atoms with Crippen LogP contribution in [0.3, 0.4) is 0 Å². The van der Waals surface area contributed by atoms with E-state index in [1.807, 2.05) is 0 Å². The van der Waals surface area contributed by atoms with Crippen LogP contribution in [0.15, 0.2) is 17.8 Å². The lowest BCUT2D eigenvalue weighted by Crippen LogP contribution is -2.25. The number of terminal acetylenes is 1. The molecule has 1 aliphatic rings. The average Bonchev–Trinajstić information content (AvgIpc) is 2.65. The smallest absolute Gasteiger partial charge is 0.328 e. The summed E-state index contributed by atoms with van der Waals surface area (Å²) in [5.74, 6) is 2.16. The fourth-order valence-corrected chi connectivity index (χ4v) is 2.32. The van der Waals surface area contributed by atoms with E-state index in [2.05, 4.69) is 11.2 Å². The van der Waals surface area contributed by atoms with Gasteiger partial charge in [-0.25, -0.2) is 4.79 Å². The molecule has 21 heavy (non-hydrogen) atoms. The first-order valence-corrected chi connectivity index (χ1v) is 6.55. The molecular weight excluding hydrogens is 315 g/mol. The first kappa shape index (κ1) is 15.2. The Bertz CT molecular complexity index is 669. The maximum Gasteiger partial charge on any atom is 0.328 e. The molecule has 0 bridgehead atoms. The highest BCUT2D eigenvalue weighted by Crippen LogP contribution is 2.34. The number of ether oxygens (including phenoxy) is 1. The van der Waals surface area contributed by atoms with E-state index in [0.29, 0.717) is 5.56 Å². The SMILES string of the molecule is C#CCOc1c(Cl)cc(/C=C2/NC(=O)N(C)C2=O)cc1Cl. The van der Waals surface area contributed by atoms with Gasteiger partial charge in [0, 0.05) is 7.05 Å². The van der Waals surface area contributed by atoms with Gasteiger partial charge in [-0.3, -0.25) is 9.69 Å². The highest BCUT2D eigenvalue weighted by molar-refractivity contribution is 6.37. The second-order valence-electron chi connectivity index (χ2n) is 4.16. The van der Waals surface area contributed by atoms with Gasteiger partial charge in [0.25, 0.3) is 5.91 Å². The van der Waals surface area contributed by atoms with Crippen LogP contribution in [-0.2, 0) is 4.79 Å². The van der Waals surface area contributed by atoms with Crippen molar-refractivity contribution in [3.8, 4) is 18.1 Å². The van der Waals surface area contributed by atoms with E-state index >= 15 is 0 Å². The van der Waals surface area contributed by atoms with Crippen LogP contribution in [0.25, 0.3) is 6.08 Å². The van der Waals surface area contributed by atoms with Crippen molar-refractivity contribution in [3.63, 3.8) is 0 Å². The largest absolute Gasteiger partial charge is 0.478 e. The number of benzene rings is 1. The molecule has 1 aromatic carbocycles. The molecule has 5 nitrogen and oxygen atoms in total. The van der Waals surface area contributed by atoms with Gasteiger partial charge in [0.15, 0.2) is 5.75 Å². The molecule has 7 heteroatoms. The van der Waals surface area contributed by atoms with Crippen molar-refractivity contribution in [2.75, 3.05) is 13.7 Å². The number of hydrogen-bond acceptors (Lipinski definition) is 3. The molecule has 1 aromatic rings. The third-order valence-corrected chi connectivity index (χ3v) is 3.27. The van der Waals surface area contributed by atoms with Crippen LogP contribution in [0.5, 0.6) is 5.75 Å². The summed E-state index contributed by atoms with van der Waals surface area (Å²) in [6.07, 6.45) is 6.58. The van der Waals surface area contributed by atoms with Crippen LogP contribution in [0.1, 0.15) is 5.56 Å². The van der Waals surface area contributed by atoms with Crippen molar-refractivity contribution in [1.82, 2.24) is 10.2 Å². The number of carbonyl (C=O) groups excluding carboxylic acids is 2. The van der Waals surface area contributed by atoms with Gasteiger partial charge in [-0.1, -0.05) is 29.1 Å². The van der Waals surface area contributed by atoms with E-state index in [9.17, 15) is 9.59 Å². The highest BCUT2D eigenvalue weighted by Gasteiger charge is 2.30. The zero-order chi connectivity index (χ0) is 15.6. The van der Waals surface area contributed by atoms with Crippen LogP contribution in [-0.4, -0.2) is 30.5 Å². The van der Waals surface area contributed by atoms with Crippen LogP contribution in [0.4, 0.5) is 4.79 Å². The molecule has 0 atom stereocenters. The van der Waals surface area contributed by atoms with Crippen LogP contribution in [0.2, 0.25) is 10.0 Å². The molecule has 0 radical (unpaired) electrons. The lowest BCUT2D eigenvalue weighted by atomic mass is 10.2. The second kappa shape index (κ2) is 6.08. The lowest BCUT2D eigenvalue weighted by molar-refractivity contribution is -0.121. The van der Waals surface area contributed by atoms with Gasteiger partial charge in [0.2, 0.25) is 0 Å². The standard InChI is InChI=1S/C14H10Cl2N2O3/c1-3-4-21-12-9(15)5-8(6-10(12)16)7-11-13(19)18(2)14(20)17-11/h1,5-7H,4H2,2H3,(H,17,20)/b11-7+. The molecule has 1 fully saturated rings. The number of likely N-dealkylation sites (N-methyl/N-ethyl adjacent to an activating group) is 1. The van der Waals surface area contributed by atoms with Crippen LogP contribution < -0.4 is 10.1 Å². The predicted molar refractivity (Wildman–Crippen MR) is 80.1 cm³/mol. The fraction of sp³-hybridized carbons (Fsp3) is 0.143. The van der Waals surface area contributed by atoms with Crippen LogP contribution >= 0.6 is 23.2 Å². The van der Waals surface area contributed by atoms with E-state index in [4.69, 9.17) is 34.4 Å². The topological polar surface area (TPSA) is 58.6 Å². The van der Waals surface area contributed by atoms with Crippen molar-refractivity contribution >= 4 is 41.2 Å². The van der Waals surface area contributed by atoms with Crippen molar-refractivity contribution in [2.45, 2.75) is 0 Å². The highest BCUT2D eigenvalue weighted by atomic mass is 35.5. The summed E-state index contributed by atoms with van der Waals surface area (Å²) >= 11 is 12.1. The minimum Gasteiger partial charge on any atom is -0.478 e. The zero-order valence-corrected chi connectivity index (χ0v) is 12.5. The van der Waals surface area contributed by atoms with E-state index < -0.39 is 11.9 Å². The van der Waals surface area contributed by atoms with E-state index in [1.54, 1.807) is 12.1 Å². The molecule has 1 aliphatic heterocycles. The Morgan fingerprint density at radius 1 is 1.38 bits per heavy atom. The number of amides is 3. The molecule has 108 valence electrons. The number of urea groups is 1. The number of halogens is 2. The minimum atomic E-state index is -0.489. The van der Waals surface area contributed by atoms with Crippen molar-refractivity contribution in [1.29, 1.82) is 0 Å². The Morgan fingerprint density at radius 2 is 2.00 bits per heavy atom. The summed E-state index contributed by atoms with van der Waals surface area (Å²) in [6, 6.07) is 2.63. The fourth-order valence-electron chi connectivity index (χ4n) is 1.70. The average molecular weight is 325 g/mol. The lowest BCUT2D eigenvalue weighted by Gasteiger charge is -2.08. The number of carbonyl (C=O) groups is 2. The maximum absolute atomic E-state index is 11.8. The molecule has 0 aliphatic carbocycles. The third kappa shape index (κ3) is 3.13. The Labute approximate surface area is 131 Å². The molecule has 1 N–H and O–H groups in total. The molecule has 0 unspecified atom stereocenters. The molecule has 0 spiro atoms. The predicted octanol–water partition coefficient (Wildman–Crippen LogP) is 2.53. The van der Waals surface area contributed by atoms with Crippen LogP contribution in [0, 0.1) is 12.3 Å². The first-order chi connectivity index (χ1) is 9.93. The van der Waals surface area contributed by atoms with Crippen molar-refractivity contribution in [2.24, 2.45) is 0 Å². The number of imide groups is 1. The van der Waals surface area contributed by atoms with E-state index in [0.717, 1.165) is 4.90 Å². The number of hydrogen-bond donors (Lipinski definition) is 1. The Morgan fingerprint density at radius 3 is 2.48 bits per heavy atom. The summed E-state index contributed by atoms with van der Waals surface area (Å²) in [5, 5.41) is 2.96. The molecule has 1 heterocycles. The van der Waals surface area contributed by atoms with Crippen molar-refractivity contribution in [3.05, 3.63) is 33.4 Å². The van der Waals surface area contributed by atoms with Gasteiger partial charge in [-0.2, -0.15) is 0 Å². The third-order valence-electron chi connectivity index (χ3n) is 2.71. The van der Waals surface area contributed by atoms with Gasteiger partial charge in [-0.15, -0.1) is 6.42 Å². The summed E-state index contributed by atoms with van der Waals surface area (Å²) in [7, 11) is 1.38. The Kier molecular flexibility index (Phi) is 4.41. The monoisotopic (exact) mass is 324 g/mol. The molecular formula is C14H10Cl2N2O3. The minimum absolute atomic E-state index is 0.0409. The van der Waals surface area contributed by atoms with Gasteiger partial charge in [-0.05, 0) is 23.8 Å². The summed E-state index contributed by atoms with van der Waals surface area (Å²) in [4.78, 5) is 24.1. The quantitative estimate of drug-likeness (QED) is 0.528. The summed E-state index contributed by atoms with van der Waals surface area (Å²) in [6.45, 7) is 0.0409. The maximum atomic E-state index is 11.8. The normalized spacial score (nSPS) is 16.1. The molecule has 0 aromatic heterocycles. The number of nitrogens with one attached hydrogen (secondary N) is 1. The van der Waals surface area contributed by atoms with E-state index in [1.165, 1.54) is 13.1 Å². The van der Waals surface area contributed by atoms with E-state index in [-0.39, 0.29) is 28.1 Å². The first-order valence-electron chi connectivity index (χ1n) is 5.80. The summed E-state index contributed by atoms with van der Waals surface area (Å²) < 4.78 is 5.23. The molecule has 2 rings (SSSR count). The summed E-state index contributed by atoms with van der Waals surface area (Å²) in [5.41, 5.74) is 0.698. The van der Waals surface area contributed by atoms with Gasteiger partial charge >= 0.3 is 6.03 Å². The second-order valence-corrected chi connectivity index (χ2v) is 4.97. The Hall–Kier alpha value is -2.16. The Balaban J connectivity index is 2.33. The van der Waals surface area contributed by atoms with Crippen molar-refractivity contribution < 1.29 is 14.3 Å². The van der Waals surface area contributed by atoms with Gasteiger partial charge in [0.1, 0.15) is 12.3 Å². The zero-order valence-electron chi connectivity index (χ0n) is 10.9. The molecule has 1 saturated heterocycles. The number of rotatable bonds is 3. The molecule has 0 saturated carbocycles. The molecule has 3 amide bonds.